The average Bonchev–Trinajstić information content (AvgIpc) is 2.42. The summed E-state index contributed by atoms with van der Waals surface area (Å²) >= 11 is 0. The first-order valence-electron chi connectivity index (χ1n) is 7.17. The normalized spacial score (nSPS) is 27.0. The van der Waals surface area contributed by atoms with E-state index < -0.39 is 0 Å². The van der Waals surface area contributed by atoms with E-state index in [1.54, 1.807) is 0 Å². The highest BCUT2D eigenvalue weighted by Gasteiger charge is 2.38. The molecular weight excluding hydrogens is 236 g/mol. The first kappa shape index (κ1) is 14.1. The van der Waals surface area contributed by atoms with Crippen LogP contribution in [-0.4, -0.2) is 18.0 Å². The van der Waals surface area contributed by atoms with Crippen molar-refractivity contribution in [1.29, 1.82) is 0 Å². The van der Waals surface area contributed by atoms with E-state index in [9.17, 15) is 4.79 Å². The topological polar surface area (TPSA) is 55.1 Å². The molecule has 19 heavy (non-hydrogen) atoms. The van der Waals surface area contributed by atoms with E-state index >= 15 is 0 Å². The second kappa shape index (κ2) is 5.74. The second-order valence-electron chi connectivity index (χ2n) is 5.83. The minimum absolute atomic E-state index is 0.000741. The summed E-state index contributed by atoms with van der Waals surface area (Å²) in [5.41, 5.74) is 7.62. The van der Waals surface area contributed by atoms with Crippen molar-refractivity contribution in [3.8, 4) is 0 Å². The van der Waals surface area contributed by atoms with Crippen LogP contribution in [0.25, 0.3) is 0 Å². The zero-order chi connectivity index (χ0) is 13.9. The van der Waals surface area contributed by atoms with E-state index in [-0.39, 0.29) is 11.4 Å². The molecule has 0 radical (unpaired) electrons. The number of amides is 1. The maximum atomic E-state index is 12.4. The van der Waals surface area contributed by atoms with Gasteiger partial charge in [-0.3, -0.25) is 4.79 Å². The quantitative estimate of drug-likeness (QED) is 0.877. The van der Waals surface area contributed by atoms with Crippen LogP contribution in [0.15, 0.2) is 24.3 Å². The highest BCUT2D eigenvalue weighted by Crippen LogP contribution is 2.33. The Morgan fingerprint density at radius 1 is 1.37 bits per heavy atom. The van der Waals surface area contributed by atoms with Crippen molar-refractivity contribution in [2.75, 3.05) is 6.54 Å². The molecule has 1 aromatic carbocycles. The van der Waals surface area contributed by atoms with Crippen molar-refractivity contribution >= 4 is 5.91 Å². The smallest absolute Gasteiger partial charge is 0.251 e. The fourth-order valence-corrected chi connectivity index (χ4v) is 2.96. The van der Waals surface area contributed by atoms with Crippen LogP contribution < -0.4 is 11.1 Å². The minimum atomic E-state index is -0.222. The van der Waals surface area contributed by atoms with E-state index in [4.69, 9.17) is 5.73 Å². The van der Waals surface area contributed by atoms with Crippen molar-refractivity contribution in [3.05, 3.63) is 35.4 Å². The van der Waals surface area contributed by atoms with Gasteiger partial charge in [0.15, 0.2) is 0 Å². The number of hydrogen-bond acceptors (Lipinski definition) is 2. The van der Waals surface area contributed by atoms with Crippen molar-refractivity contribution in [3.63, 3.8) is 0 Å². The number of carbonyl (C=O) groups excluding carboxylic acids is 1. The number of aryl methyl sites for hydroxylation is 1. The van der Waals surface area contributed by atoms with E-state index in [1.807, 2.05) is 31.2 Å². The van der Waals surface area contributed by atoms with E-state index in [0.717, 1.165) is 30.4 Å². The number of rotatable bonds is 3. The Morgan fingerprint density at radius 3 is 2.63 bits per heavy atom. The van der Waals surface area contributed by atoms with Crippen molar-refractivity contribution in [2.45, 2.75) is 45.1 Å². The summed E-state index contributed by atoms with van der Waals surface area (Å²) in [7, 11) is 0. The van der Waals surface area contributed by atoms with Crippen LogP contribution in [0, 0.1) is 12.8 Å². The lowest BCUT2D eigenvalue weighted by Gasteiger charge is -2.42. The van der Waals surface area contributed by atoms with Crippen LogP contribution in [0.3, 0.4) is 0 Å². The Kier molecular flexibility index (Phi) is 4.25. The molecule has 2 atom stereocenters. The molecule has 1 aliphatic carbocycles. The van der Waals surface area contributed by atoms with Gasteiger partial charge in [-0.05, 0) is 37.8 Å². The molecular formula is C16H24N2O. The van der Waals surface area contributed by atoms with Crippen molar-refractivity contribution < 1.29 is 4.79 Å². The summed E-state index contributed by atoms with van der Waals surface area (Å²) in [6.07, 6.45) is 4.52. The third kappa shape index (κ3) is 2.98. The Labute approximate surface area is 115 Å². The molecule has 1 amide bonds. The Balaban J connectivity index is 2.13. The first-order chi connectivity index (χ1) is 9.07. The van der Waals surface area contributed by atoms with Crippen LogP contribution in [0.4, 0.5) is 0 Å². The molecule has 1 aliphatic rings. The summed E-state index contributed by atoms with van der Waals surface area (Å²) in [5, 5.41) is 3.20. The molecule has 0 aliphatic heterocycles. The highest BCUT2D eigenvalue weighted by atomic mass is 16.1. The SMILES string of the molecule is Cc1ccc(C(=O)NC2(CN)CCCCC2C)cc1. The predicted molar refractivity (Wildman–Crippen MR) is 78.1 cm³/mol. The maximum absolute atomic E-state index is 12.4. The van der Waals surface area contributed by atoms with Gasteiger partial charge in [-0.2, -0.15) is 0 Å². The lowest BCUT2D eigenvalue weighted by atomic mass is 9.73. The fraction of sp³-hybridized carbons (Fsp3) is 0.562. The van der Waals surface area contributed by atoms with E-state index in [1.165, 1.54) is 6.42 Å². The zero-order valence-corrected chi connectivity index (χ0v) is 11.9. The van der Waals surface area contributed by atoms with Crippen LogP contribution in [-0.2, 0) is 0 Å². The first-order valence-corrected chi connectivity index (χ1v) is 7.17. The van der Waals surface area contributed by atoms with Gasteiger partial charge in [-0.15, -0.1) is 0 Å². The Hall–Kier alpha value is -1.35. The molecule has 1 aromatic rings. The molecule has 2 unspecified atom stereocenters. The van der Waals surface area contributed by atoms with Crippen LogP contribution >= 0.6 is 0 Å². The summed E-state index contributed by atoms with van der Waals surface area (Å²) in [6.45, 7) is 4.74. The Morgan fingerprint density at radius 2 is 2.05 bits per heavy atom. The molecule has 3 heteroatoms. The molecule has 0 bridgehead atoms. The molecule has 0 aromatic heterocycles. The molecule has 0 saturated heterocycles. The lowest BCUT2D eigenvalue weighted by Crippen LogP contribution is -2.59. The molecule has 3 N–H and O–H groups in total. The second-order valence-corrected chi connectivity index (χ2v) is 5.83. The zero-order valence-electron chi connectivity index (χ0n) is 11.9. The van der Waals surface area contributed by atoms with Gasteiger partial charge in [-0.25, -0.2) is 0 Å². The fourth-order valence-electron chi connectivity index (χ4n) is 2.96. The number of nitrogens with one attached hydrogen (secondary N) is 1. The van der Waals surface area contributed by atoms with Gasteiger partial charge in [0.1, 0.15) is 0 Å². The van der Waals surface area contributed by atoms with Gasteiger partial charge in [-0.1, -0.05) is 37.5 Å². The van der Waals surface area contributed by atoms with Gasteiger partial charge in [0.25, 0.3) is 5.91 Å². The number of hydrogen-bond donors (Lipinski definition) is 2. The van der Waals surface area contributed by atoms with Crippen molar-refractivity contribution in [2.24, 2.45) is 11.7 Å². The maximum Gasteiger partial charge on any atom is 0.251 e. The van der Waals surface area contributed by atoms with E-state index in [0.29, 0.717) is 12.5 Å². The highest BCUT2D eigenvalue weighted by molar-refractivity contribution is 5.94. The molecule has 2 rings (SSSR count). The summed E-state index contributed by atoms with van der Waals surface area (Å²) in [5.74, 6) is 0.444. The third-order valence-corrected chi connectivity index (χ3v) is 4.49. The number of nitrogens with two attached hydrogens (primary N) is 1. The molecule has 3 nitrogen and oxygen atoms in total. The van der Waals surface area contributed by atoms with Crippen molar-refractivity contribution in [1.82, 2.24) is 5.32 Å². The lowest BCUT2D eigenvalue weighted by molar-refractivity contribution is 0.0813. The molecule has 1 fully saturated rings. The number of carbonyl (C=O) groups is 1. The van der Waals surface area contributed by atoms with Crippen LogP contribution in [0.1, 0.15) is 48.5 Å². The van der Waals surface area contributed by atoms with Gasteiger partial charge in [0.05, 0.1) is 5.54 Å². The standard InChI is InChI=1S/C16H24N2O/c1-12-6-8-14(9-7-12)15(19)18-16(11-17)10-4-3-5-13(16)2/h6-9,13H,3-5,10-11,17H2,1-2H3,(H,18,19). The average molecular weight is 260 g/mol. The largest absolute Gasteiger partial charge is 0.345 e. The predicted octanol–water partition coefficient (Wildman–Crippen LogP) is 2.63. The Bertz CT molecular complexity index is 441. The molecule has 104 valence electrons. The molecule has 1 saturated carbocycles. The monoisotopic (exact) mass is 260 g/mol. The van der Waals surface area contributed by atoms with Gasteiger partial charge >= 0.3 is 0 Å². The van der Waals surface area contributed by atoms with Gasteiger partial charge in [0.2, 0.25) is 0 Å². The summed E-state index contributed by atoms with van der Waals surface area (Å²) < 4.78 is 0. The van der Waals surface area contributed by atoms with E-state index in [2.05, 4.69) is 12.2 Å². The van der Waals surface area contributed by atoms with Gasteiger partial charge < -0.3 is 11.1 Å². The summed E-state index contributed by atoms with van der Waals surface area (Å²) in [4.78, 5) is 12.4. The summed E-state index contributed by atoms with van der Waals surface area (Å²) in [6, 6.07) is 7.69. The minimum Gasteiger partial charge on any atom is -0.345 e. The van der Waals surface area contributed by atoms with Gasteiger partial charge in [0, 0.05) is 12.1 Å². The number of benzene rings is 1. The molecule has 0 spiro atoms. The molecule has 0 heterocycles. The van der Waals surface area contributed by atoms with Crippen LogP contribution in [0.5, 0.6) is 0 Å². The third-order valence-electron chi connectivity index (χ3n) is 4.49. The van der Waals surface area contributed by atoms with Crippen LogP contribution in [0.2, 0.25) is 0 Å².